The molecule has 27 heavy (non-hydrogen) atoms. The summed E-state index contributed by atoms with van der Waals surface area (Å²) in [6, 6.07) is 2.00. The van der Waals surface area contributed by atoms with Crippen LogP contribution in [0.15, 0.2) is 12.4 Å². The first-order chi connectivity index (χ1) is 13.1. The zero-order valence-electron chi connectivity index (χ0n) is 15.6. The summed E-state index contributed by atoms with van der Waals surface area (Å²) in [6.07, 6.45) is 6.29. The fourth-order valence-corrected chi connectivity index (χ4v) is 3.92. The van der Waals surface area contributed by atoms with Crippen LogP contribution in [0.2, 0.25) is 0 Å². The molecule has 1 saturated heterocycles. The minimum Gasteiger partial charge on any atom is -0.481 e. The number of carboxylic acid groups (broad SMARTS) is 1. The molecule has 1 aromatic rings. The van der Waals surface area contributed by atoms with Crippen LogP contribution in [0.1, 0.15) is 38.5 Å². The molecule has 2 amide bonds. The van der Waals surface area contributed by atoms with E-state index in [-0.39, 0.29) is 24.0 Å². The summed E-state index contributed by atoms with van der Waals surface area (Å²) in [4.78, 5) is 34.0. The van der Waals surface area contributed by atoms with Gasteiger partial charge in [0, 0.05) is 38.3 Å². The van der Waals surface area contributed by atoms with Gasteiger partial charge in [-0.1, -0.05) is 0 Å². The Morgan fingerprint density at radius 1 is 1.22 bits per heavy atom. The molecule has 2 aliphatic rings. The molecular weight excluding hydrogens is 348 g/mol. The molecule has 0 spiro atoms. The van der Waals surface area contributed by atoms with Crippen molar-refractivity contribution in [2.24, 2.45) is 5.92 Å². The zero-order valence-corrected chi connectivity index (χ0v) is 15.6. The maximum absolute atomic E-state index is 12.2. The molecule has 1 aliphatic heterocycles. The molecule has 2 fully saturated rings. The van der Waals surface area contributed by atoms with E-state index < -0.39 is 5.97 Å². The maximum atomic E-state index is 12.2. The summed E-state index contributed by atoms with van der Waals surface area (Å²) in [5.41, 5.74) is 0. The van der Waals surface area contributed by atoms with Gasteiger partial charge in [0.2, 0.25) is 0 Å². The summed E-state index contributed by atoms with van der Waals surface area (Å²) in [5.74, 6) is 0.637. The average Bonchev–Trinajstić information content (AvgIpc) is 3.15. The number of aromatic nitrogens is 2. The molecule has 3 rings (SSSR count). The number of carboxylic acids is 1. The average molecular weight is 376 g/mol. The van der Waals surface area contributed by atoms with Gasteiger partial charge in [-0.15, -0.1) is 0 Å². The van der Waals surface area contributed by atoms with E-state index >= 15 is 0 Å². The summed E-state index contributed by atoms with van der Waals surface area (Å²) >= 11 is 0. The predicted molar refractivity (Wildman–Crippen MR) is 102 cm³/mol. The molecule has 1 atom stereocenters. The second-order valence-electron chi connectivity index (χ2n) is 7.24. The molecule has 148 valence electrons. The van der Waals surface area contributed by atoms with Crippen molar-refractivity contribution >= 4 is 23.6 Å². The van der Waals surface area contributed by atoms with Gasteiger partial charge in [0.25, 0.3) is 0 Å². The predicted octanol–water partition coefficient (Wildman–Crippen LogP) is 1.43. The number of hydrogen-bond donors (Lipinski definition) is 4. The lowest BCUT2D eigenvalue weighted by Gasteiger charge is -2.28. The largest absolute Gasteiger partial charge is 0.481 e. The third-order valence-electron chi connectivity index (χ3n) is 5.49. The van der Waals surface area contributed by atoms with E-state index in [4.69, 9.17) is 5.11 Å². The highest BCUT2D eigenvalue weighted by Gasteiger charge is 2.28. The molecular formula is C18H28N6O3. The monoisotopic (exact) mass is 376 g/mol. The van der Waals surface area contributed by atoms with Gasteiger partial charge in [0.15, 0.2) is 0 Å². The third kappa shape index (κ3) is 4.99. The van der Waals surface area contributed by atoms with Crippen molar-refractivity contribution < 1.29 is 14.7 Å². The van der Waals surface area contributed by atoms with Crippen molar-refractivity contribution in [3.05, 3.63) is 12.4 Å². The van der Waals surface area contributed by atoms with Gasteiger partial charge in [-0.3, -0.25) is 4.79 Å². The quantitative estimate of drug-likeness (QED) is 0.593. The van der Waals surface area contributed by atoms with Crippen molar-refractivity contribution in [2.45, 2.75) is 50.6 Å². The number of aliphatic carboxylic acids is 1. The molecule has 1 saturated carbocycles. The minimum absolute atomic E-state index is 0.0559. The van der Waals surface area contributed by atoms with E-state index in [9.17, 15) is 9.59 Å². The second-order valence-corrected chi connectivity index (χ2v) is 7.24. The Morgan fingerprint density at radius 2 is 2.00 bits per heavy atom. The van der Waals surface area contributed by atoms with E-state index in [0.29, 0.717) is 32.2 Å². The molecule has 2 heterocycles. The van der Waals surface area contributed by atoms with Gasteiger partial charge in [-0.25, -0.2) is 14.8 Å². The second kappa shape index (κ2) is 8.88. The SMILES string of the molecule is CNc1cc(N2CCCC2CNC(=O)NC2CCC(C(=O)O)CC2)ncn1. The Bertz CT molecular complexity index is 662. The van der Waals surface area contributed by atoms with Crippen LogP contribution >= 0.6 is 0 Å². The maximum Gasteiger partial charge on any atom is 0.315 e. The van der Waals surface area contributed by atoms with Crippen molar-refractivity contribution in [3.8, 4) is 0 Å². The Balaban J connectivity index is 1.46. The molecule has 4 N–H and O–H groups in total. The molecule has 1 aromatic heterocycles. The lowest BCUT2D eigenvalue weighted by Crippen LogP contribution is -2.48. The van der Waals surface area contributed by atoms with Crippen LogP contribution in [-0.4, -0.2) is 59.3 Å². The third-order valence-corrected chi connectivity index (χ3v) is 5.49. The Morgan fingerprint density at radius 3 is 2.70 bits per heavy atom. The first kappa shape index (κ1) is 19.2. The van der Waals surface area contributed by atoms with Gasteiger partial charge in [0.1, 0.15) is 18.0 Å². The van der Waals surface area contributed by atoms with E-state index in [1.807, 2.05) is 13.1 Å². The van der Waals surface area contributed by atoms with Crippen molar-refractivity contribution in [2.75, 3.05) is 30.4 Å². The number of nitrogens with zero attached hydrogens (tertiary/aromatic N) is 3. The van der Waals surface area contributed by atoms with Crippen molar-refractivity contribution in [1.29, 1.82) is 0 Å². The Labute approximate surface area is 158 Å². The van der Waals surface area contributed by atoms with Crippen LogP contribution in [0.4, 0.5) is 16.4 Å². The number of carbonyl (C=O) groups is 2. The van der Waals surface area contributed by atoms with E-state index in [0.717, 1.165) is 31.0 Å². The number of amides is 2. The van der Waals surface area contributed by atoms with Crippen molar-refractivity contribution in [1.82, 2.24) is 20.6 Å². The van der Waals surface area contributed by atoms with Crippen LogP contribution in [0.25, 0.3) is 0 Å². The van der Waals surface area contributed by atoms with Crippen LogP contribution in [0.5, 0.6) is 0 Å². The smallest absolute Gasteiger partial charge is 0.315 e. The van der Waals surface area contributed by atoms with E-state index in [1.165, 1.54) is 0 Å². The molecule has 9 heteroatoms. The minimum atomic E-state index is -0.731. The first-order valence-electron chi connectivity index (χ1n) is 9.60. The molecule has 9 nitrogen and oxygen atoms in total. The summed E-state index contributed by atoms with van der Waals surface area (Å²) < 4.78 is 0. The number of urea groups is 1. The van der Waals surface area contributed by atoms with Gasteiger partial charge < -0.3 is 26.0 Å². The summed E-state index contributed by atoms with van der Waals surface area (Å²) in [5, 5.41) is 18.0. The highest BCUT2D eigenvalue weighted by molar-refractivity contribution is 5.74. The fraction of sp³-hybridized carbons (Fsp3) is 0.667. The standard InChI is InChI=1S/C18H28N6O3/c1-19-15-9-16(22-11-21-15)24-8-2-3-14(24)10-20-18(27)23-13-6-4-12(5-7-13)17(25)26/h9,11-14H,2-8,10H2,1H3,(H,25,26)(H,19,21,22)(H2,20,23,27). The lowest BCUT2D eigenvalue weighted by molar-refractivity contribution is -0.142. The fourth-order valence-electron chi connectivity index (χ4n) is 3.92. The number of carbonyl (C=O) groups excluding carboxylic acids is 1. The van der Waals surface area contributed by atoms with Gasteiger partial charge >= 0.3 is 12.0 Å². The highest BCUT2D eigenvalue weighted by atomic mass is 16.4. The zero-order chi connectivity index (χ0) is 19.2. The normalized spacial score (nSPS) is 25.1. The van der Waals surface area contributed by atoms with Crippen LogP contribution in [-0.2, 0) is 4.79 Å². The van der Waals surface area contributed by atoms with Gasteiger partial charge in [-0.05, 0) is 38.5 Å². The Hall–Kier alpha value is -2.58. The number of rotatable bonds is 6. The molecule has 1 unspecified atom stereocenters. The topological polar surface area (TPSA) is 119 Å². The van der Waals surface area contributed by atoms with Crippen LogP contribution in [0.3, 0.4) is 0 Å². The Kier molecular flexibility index (Phi) is 6.31. The highest BCUT2D eigenvalue weighted by Crippen LogP contribution is 2.25. The van der Waals surface area contributed by atoms with Gasteiger partial charge in [-0.2, -0.15) is 0 Å². The number of hydrogen-bond acceptors (Lipinski definition) is 6. The summed E-state index contributed by atoms with van der Waals surface area (Å²) in [6.45, 7) is 1.46. The first-order valence-corrected chi connectivity index (χ1v) is 9.60. The number of nitrogens with one attached hydrogen (secondary N) is 3. The van der Waals surface area contributed by atoms with Crippen molar-refractivity contribution in [3.63, 3.8) is 0 Å². The van der Waals surface area contributed by atoms with Gasteiger partial charge in [0.05, 0.1) is 5.92 Å². The molecule has 0 bridgehead atoms. The van der Waals surface area contributed by atoms with E-state index in [2.05, 4.69) is 30.8 Å². The van der Waals surface area contributed by atoms with Crippen LogP contribution < -0.4 is 20.9 Å². The van der Waals surface area contributed by atoms with Crippen LogP contribution in [0, 0.1) is 5.92 Å². The summed E-state index contributed by atoms with van der Waals surface area (Å²) in [7, 11) is 1.82. The van der Waals surface area contributed by atoms with E-state index in [1.54, 1.807) is 6.33 Å². The molecule has 1 aliphatic carbocycles. The molecule has 0 aromatic carbocycles. The molecule has 0 radical (unpaired) electrons. The lowest BCUT2D eigenvalue weighted by atomic mass is 9.86. The number of anilines is 2.